The van der Waals surface area contributed by atoms with Gasteiger partial charge in [-0.05, 0) is 12.1 Å². The van der Waals surface area contributed by atoms with Gasteiger partial charge in [-0.25, -0.2) is 0 Å². The topological polar surface area (TPSA) is 45.4 Å². The minimum absolute atomic E-state index is 0.0341. The van der Waals surface area contributed by atoms with Gasteiger partial charge < -0.3 is 14.8 Å². The Bertz CT molecular complexity index is 249. The lowest BCUT2D eigenvalue weighted by molar-refractivity contribution is 0.0283. The molecule has 68 valence electrons. The normalized spacial score (nSPS) is 16.0. The smallest absolute Gasteiger partial charge is 0.121 e. The molecule has 0 amide bonds. The summed E-state index contributed by atoms with van der Waals surface area (Å²) in [4.78, 5) is 0. The van der Waals surface area contributed by atoms with Gasteiger partial charge in [0, 0.05) is 18.9 Å². The van der Waals surface area contributed by atoms with Gasteiger partial charge in [0.1, 0.15) is 6.10 Å². The molecule has 1 aromatic heterocycles. The summed E-state index contributed by atoms with van der Waals surface area (Å²) in [5.41, 5.74) is 0.670. The third kappa shape index (κ3) is 1.80. The van der Waals surface area contributed by atoms with E-state index in [1.165, 1.54) is 0 Å². The summed E-state index contributed by atoms with van der Waals surface area (Å²) < 4.78 is 1.75. The van der Waals surface area contributed by atoms with Crippen molar-refractivity contribution in [3.05, 3.63) is 24.0 Å². The van der Waals surface area contributed by atoms with Gasteiger partial charge in [0.2, 0.25) is 0 Å². The lowest BCUT2D eigenvalue weighted by atomic mass is 10.1. The first-order chi connectivity index (χ1) is 5.66. The van der Waals surface area contributed by atoms with Crippen LogP contribution in [0.4, 0.5) is 0 Å². The molecule has 0 aliphatic rings. The molecular formula is C8H12ClNO2. The number of hydrogen-bond donors (Lipinski definition) is 2. The standard InChI is InChI=1S/C8H12ClNO2/c1-10-4-2-3-6(10)8(12)7(11)5-9/h2-4,7-8,11-12H,5H2,1H3. The number of aliphatic hydroxyl groups is 2. The van der Waals surface area contributed by atoms with Crippen LogP contribution in [0.2, 0.25) is 0 Å². The molecule has 1 heterocycles. The molecule has 0 radical (unpaired) electrons. The van der Waals surface area contributed by atoms with Gasteiger partial charge in [0.05, 0.1) is 12.0 Å². The van der Waals surface area contributed by atoms with E-state index in [1.54, 1.807) is 29.9 Å². The highest BCUT2D eigenvalue weighted by Gasteiger charge is 2.18. The Hall–Kier alpha value is -0.510. The Kier molecular flexibility index (Phi) is 3.14. The van der Waals surface area contributed by atoms with Crippen molar-refractivity contribution in [2.75, 3.05) is 5.88 Å². The number of nitrogens with zero attached hydrogens (tertiary/aromatic N) is 1. The molecule has 1 rings (SSSR count). The Morgan fingerprint density at radius 3 is 2.67 bits per heavy atom. The molecule has 1 aromatic rings. The fourth-order valence-electron chi connectivity index (χ4n) is 1.06. The Balaban J connectivity index is 2.77. The largest absolute Gasteiger partial charge is 0.389 e. The first kappa shape index (κ1) is 9.58. The van der Waals surface area contributed by atoms with E-state index < -0.39 is 12.2 Å². The molecule has 3 nitrogen and oxygen atoms in total. The lowest BCUT2D eigenvalue weighted by Crippen LogP contribution is -2.21. The monoisotopic (exact) mass is 189 g/mol. The van der Waals surface area contributed by atoms with Crippen LogP contribution in [0, 0.1) is 0 Å². The number of halogens is 1. The van der Waals surface area contributed by atoms with Crippen molar-refractivity contribution in [1.29, 1.82) is 0 Å². The van der Waals surface area contributed by atoms with Crippen molar-refractivity contribution >= 4 is 11.6 Å². The number of aryl methyl sites for hydroxylation is 1. The summed E-state index contributed by atoms with van der Waals surface area (Å²) in [5.74, 6) is 0.0341. The van der Waals surface area contributed by atoms with E-state index in [2.05, 4.69) is 0 Å². The van der Waals surface area contributed by atoms with Crippen LogP contribution in [0.15, 0.2) is 18.3 Å². The zero-order chi connectivity index (χ0) is 9.14. The molecule has 0 spiro atoms. The quantitative estimate of drug-likeness (QED) is 0.687. The van der Waals surface area contributed by atoms with Crippen molar-refractivity contribution in [2.24, 2.45) is 7.05 Å². The van der Waals surface area contributed by atoms with E-state index in [4.69, 9.17) is 11.6 Å². The zero-order valence-corrected chi connectivity index (χ0v) is 7.57. The number of rotatable bonds is 3. The maximum atomic E-state index is 9.50. The number of aliphatic hydroxyl groups excluding tert-OH is 2. The molecule has 0 saturated heterocycles. The molecule has 2 N–H and O–H groups in total. The summed E-state index contributed by atoms with van der Waals surface area (Å²) in [7, 11) is 1.81. The van der Waals surface area contributed by atoms with Crippen LogP contribution in [-0.2, 0) is 7.05 Å². The predicted molar refractivity (Wildman–Crippen MR) is 47.1 cm³/mol. The van der Waals surface area contributed by atoms with E-state index in [1.807, 2.05) is 0 Å². The molecule has 0 saturated carbocycles. The van der Waals surface area contributed by atoms with Gasteiger partial charge in [-0.2, -0.15) is 0 Å². The molecule has 12 heavy (non-hydrogen) atoms. The molecule has 2 atom stereocenters. The summed E-state index contributed by atoms with van der Waals surface area (Å²) in [5, 5.41) is 18.7. The number of hydrogen-bond acceptors (Lipinski definition) is 2. The van der Waals surface area contributed by atoms with Crippen molar-refractivity contribution in [3.63, 3.8) is 0 Å². The second-order valence-electron chi connectivity index (χ2n) is 2.71. The molecule has 0 fully saturated rings. The zero-order valence-electron chi connectivity index (χ0n) is 6.81. The molecular weight excluding hydrogens is 178 g/mol. The predicted octanol–water partition coefficient (Wildman–Crippen LogP) is 0.658. The van der Waals surface area contributed by atoms with Crippen molar-refractivity contribution in [1.82, 2.24) is 4.57 Å². The Morgan fingerprint density at radius 1 is 1.58 bits per heavy atom. The Morgan fingerprint density at radius 2 is 2.25 bits per heavy atom. The van der Waals surface area contributed by atoms with Crippen molar-refractivity contribution < 1.29 is 10.2 Å². The van der Waals surface area contributed by atoms with Gasteiger partial charge in [-0.1, -0.05) is 0 Å². The molecule has 0 bridgehead atoms. The average molecular weight is 190 g/mol. The SMILES string of the molecule is Cn1cccc1C(O)C(O)CCl. The second-order valence-corrected chi connectivity index (χ2v) is 3.02. The van der Waals surface area contributed by atoms with Crippen LogP contribution in [0.3, 0.4) is 0 Å². The van der Waals surface area contributed by atoms with Gasteiger partial charge in [0.25, 0.3) is 0 Å². The number of aromatic nitrogens is 1. The highest BCUT2D eigenvalue weighted by atomic mass is 35.5. The molecule has 2 unspecified atom stereocenters. The summed E-state index contributed by atoms with van der Waals surface area (Å²) in [6.07, 6.45) is 0.00207. The van der Waals surface area contributed by atoms with E-state index >= 15 is 0 Å². The highest BCUT2D eigenvalue weighted by molar-refractivity contribution is 6.18. The summed E-state index contributed by atoms with van der Waals surface area (Å²) in [6.45, 7) is 0. The van der Waals surface area contributed by atoms with Crippen molar-refractivity contribution in [2.45, 2.75) is 12.2 Å². The third-order valence-electron chi connectivity index (χ3n) is 1.81. The van der Waals surface area contributed by atoms with Gasteiger partial charge in [0.15, 0.2) is 0 Å². The maximum Gasteiger partial charge on any atom is 0.121 e. The van der Waals surface area contributed by atoms with Crippen molar-refractivity contribution in [3.8, 4) is 0 Å². The van der Waals surface area contributed by atoms with Crippen LogP contribution in [0.5, 0.6) is 0 Å². The molecule has 4 heteroatoms. The van der Waals surface area contributed by atoms with Gasteiger partial charge in [-0.15, -0.1) is 11.6 Å². The van der Waals surface area contributed by atoms with E-state index in [0.717, 1.165) is 0 Å². The first-order valence-electron chi connectivity index (χ1n) is 3.70. The fourth-order valence-corrected chi connectivity index (χ4v) is 1.23. The Labute approximate surface area is 76.2 Å². The molecule has 0 aromatic carbocycles. The number of alkyl halides is 1. The minimum atomic E-state index is -0.903. The van der Waals surface area contributed by atoms with Gasteiger partial charge >= 0.3 is 0 Å². The minimum Gasteiger partial charge on any atom is -0.389 e. The second kappa shape index (κ2) is 3.94. The van der Waals surface area contributed by atoms with Crippen LogP contribution >= 0.6 is 11.6 Å². The van der Waals surface area contributed by atoms with Crippen LogP contribution in [0.25, 0.3) is 0 Å². The molecule has 0 aliphatic carbocycles. The van der Waals surface area contributed by atoms with Crippen LogP contribution in [-0.4, -0.2) is 26.8 Å². The summed E-state index contributed by atoms with van der Waals surface area (Å²) in [6, 6.07) is 3.56. The van der Waals surface area contributed by atoms with E-state index in [0.29, 0.717) is 5.69 Å². The van der Waals surface area contributed by atoms with Crippen LogP contribution < -0.4 is 0 Å². The maximum absolute atomic E-state index is 9.50. The summed E-state index contributed by atoms with van der Waals surface area (Å²) >= 11 is 5.40. The average Bonchev–Trinajstić information content (AvgIpc) is 2.48. The van der Waals surface area contributed by atoms with Crippen LogP contribution in [0.1, 0.15) is 11.8 Å². The lowest BCUT2D eigenvalue weighted by Gasteiger charge is -2.15. The fraction of sp³-hybridized carbons (Fsp3) is 0.500. The molecule has 0 aliphatic heterocycles. The first-order valence-corrected chi connectivity index (χ1v) is 4.23. The van der Waals surface area contributed by atoms with E-state index in [9.17, 15) is 10.2 Å². The van der Waals surface area contributed by atoms with E-state index in [-0.39, 0.29) is 5.88 Å². The van der Waals surface area contributed by atoms with Gasteiger partial charge in [-0.3, -0.25) is 0 Å². The third-order valence-corrected chi connectivity index (χ3v) is 2.13. The highest BCUT2D eigenvalue weighted by Crippen LogP contribution is 2.17.